The number of pyridine rings is 2. The third-order valence-electron chi connectivity index (χ3n) is 5.84. The Balaban J connectivity index is 1.60. The second kappa shape index (κ2) is 6.89. The molecular weight excluding hydrogens is 382 g/mol. The summed E-state index contributed by atoms with van der Waals surface area (Å²) in [5.41, 5.74) is 3.68. The van der Waals surface area contributed by atoms with Gasteiger partial charge < -0.3 is 5.32 Å². The molecule has 0 unspecified atom stereocenters. The van der Waals surface area contributed by atoms with Gasteiger partial charge in [-0.1, -0.05) is 42.5 Å². The van der Waals surface area contributed by atoms with Gasteiger partial charge in [-0.3, -0.25) is 14.8 Å². The molecule has 6 aromatic rings. The summed E-state index contributed by atoms with van der Waals surface area (Å²) < 4.78 is 0. The summed E-state index contributed by atoms with van der Waals surface area (Å²) in [6.45, 7) is 0. The van der Waals surface area contributed by atoms with Crippen LogP contribution in [0.2, 0.25) is 0 Å². The highest BCUT2D eigenvalue weighted by Crippen LogP contribution is 2.40. The fourth-order valence-electron chi connectivity index (χ4n) is 4.42. The lowest BCUT2D eigenvalue weighted by atomic mass is 9.88. The van der Waals surface area contributed by atoms with E-state index >= 15 is 0 Å². The molecule has 1 N–H and O–H groups in total. The number of carbonyl (C=O) groups excluding carboxylic acids is 1. The number of anilines is 1. The normalized spacial score (nSPS) is 11.4. The highest BCUT2D eigenvalue weighted by Gasteiger charge is 2.17. The molecule has 0 aliphatic rings. The summed E-state index contributed by atoms with van der Waals surface area (Å²) in [6.07, 6.45) is 6.96. The first-order chi connectivity index (χ1) is 15.3. The van der Waals surface area contributed by atoms with Gasteiger partial charge in [0, 0.05) is 36.0 Å². The van der Waals surface area contributed by atoms with Crippen molar-refractivity contribution >= 4 is 43.9 Å². The molecule has 146 valence electrons. The molecule has 1 amide bonds. The van der Waals surface area contributed by atoms with Crippen molar-refractivity contribution in [2.75, 3.05) is 5.32 Å². The van der Waals surface area contributed by atoms with Crippen LogP contribution in [0.4, 0.5) is 5.69 Å². The summed E-state index contributed by atoms with van der Waals surface area (Å²) >= 11 is 0. The van der Waals surface area contributed by atoms with Crippen molar-refractivity contribution in [1.29, 1.82) is 0 Å². The Morgan fingerprint density at radius 3 is 1.94 bits per heavy atom. The van der Waals surface area contributed by atoms with Crippen LogP contribution in [-0.2, 0) is 0 Å². The van der Waals surface area contributed by atoms with E-state index in [0.717, 1.165) is 38.4 Å². The quantitative estimate of drug-likeness (QED) is 0.356. The summed E-state index contributed by atoms with van der Waals surface area (Å²) in [5, 5.41) is 9.70. The molecule has 0 atom stereocenters. The van der Waals surface area contributed by atoms with Gasteiger partial charge in [-0.05, 0) is 73.8 Å². The van der Waals surface area contributed by atoms with E-state index in [4.69, 9.17) is 0 Å². The third kappa shape index (κ3) is 2.81. The molecule has 0 saturated carbocycles. The van der Waals surface area contributed by atoms with Crippen LogP contribution in [0, 0.1) is 0 Å². The fourth-order valence-corrected chi connectivity index (χ4v) is 4.42. The largest absolute Gasteiger partial charge is 0.322 e. The number of hydrogen-bond acceptors (Lipinski definition) is 3. The molecule has 4 aromatic carbocycles. The van der Waals surface area contributed by atoms with Gasteiger partial charge >= 0.3 is 0 Å². The molecule has 0 spiro atoms. The standard InChI is InChI=1S/C27H17N3O/c31-27(30-20-11-15-29-16-12-20)24-8-4-19-2-6-22-21(17-9-13-28-14-10-17)5-1-18-3-7-23(24)26(19)25(18)22/h1-16H,(H,29,30,31). The molecule has 4 nitrogen and oxygen atoms in total. The zero-order valence-electron chi connectivity index (χ0n) is 16.5. The van der Waals surface area contributed by atoms with E-state index in [0.29, 0.717) is 5.56 Å². The molecule has 2 aromatic heterocycles. The van der Waals surface area contributed by atoms with Gasteiger partial charge in [0.15, 0.2) is 0 Å². The Hall–Kier alpha value is -4.31. The molecule has 31 heavy (non-hydrogen) atoms. The number of hydrogen-bond donors (Lipinski definition) is 1. The van der Waals surface area contributed by atoms with E-state index in [1.807, 2.05) is 36.7 Å². The van der Waals surface area contributed by atoms with E-state index in [1.54, 1.807) is 24.5 Å². The second-order valence-corrected chi connectivity index (χ2v) is 7.57. The number of benzene rings is 4. The van der Waals surface area contributed by atoms with Gasteiger partial charge in [0.25, 0.3) is 5.91 Å². The van der Waals surface area contributed by atoms with Crippen LogP contribution in [0.15, 0.2) is 97.6 Å². The van der Waals surface area contributed by atoms with Crippen LogP contribution in [-0.4, -0.2) is 15.9 Å². The molecule has 4 heteroatoms. The van der Waals surface area contributed by atoms with Gasteiger partial charge in [0.05, 0.1) is 0 Å². The van der Waals surface area contributed by atoms with Crippen LogP contribution < -0.4 is 5.32 Å². The van der Waals surface area contributed by atoms with Crippen LogP contribution >= 0.6 is 0 Å². The topological polar surface area (TPSA) is 54.9 Å². The predicted octanol–water partition coefficient (Wildman–Crippen LogP) is 6.29. The Bertz CT molecular complexity index is 1560. The zero-order chi connectivity index (χ0) is 20.8. The summed E-state index contributed by atoms with van der Waals surface area (Å²) in [5.74, 6) is -0.126. The number of nitrogens with zero attached hydrogens (tertiary/aromatic N) is 2. The third-order valence-corrected chi connectivity index (χ3v) is 5.84. The van der Waals surface area contributed by atoms with Gasteiger partial charge in [-0.2, -0.15) is 0 Å². The van der Waals surface area contributed by atoms with E-state index in [1.165, 1.54) is 10.8 Å². The van der Waals surface area contributed by atoms with Crippen molar-refractivity contribution in [1.82, 2.24) is 9.97 Å². The summed E-state index contributed by atoms with van der Waals surface area (Å²) in [4.78, 5) is 21.3. The van der Waals surface area contributed by atoms with E-state index in [2.05, 4.69) is 51.7 Å². The van der Waals surface area contributed by atoms with Gasteiger partial charge in [-0.15, -0.1) is 0 Å². The average Bonchev–Trinajstić information content (AvgIpc) is 2.83. The number of nitrogens with one attached hydrogen (secondary N) is 1. The minimum atomic E-state index is -0.126. The molecule has 0 bridgehead atoms. The van der Waals surface area contributed by atoms with Crippen molar-refractivity contribution in [3.8, 4) is 11.1 Å². The molecule has 0 aliphatic carbocycles. The maximum Gasteiger partial charge on any atom is 0.256 e. The zero-order valence-corrected chi connectivity index (χ0v) is 16.5. The van der Waals surface area contributed by atoms with Crippen LogP contribution in [0.1, 0.15) is 10.4 Å². The smallest absolute Gasteiger partial charge is 0.256 e. The van der Waals surface area contributed by atoms with Crippen molar-refractivity contribution in [3.05, 3.63) is 103 Å². The van der Waals surface area contributed by atoms with Crippen molar-refractivity contribution in [2.24, 2.45) is 0 Å². The lowest BCUT2D eigenvalue weighted by molar-refractivity contribution is 0.102. The van der Waals surface area contributed by atoms with E-state index in [-0.39, 0.29) is 5.91 Å². The Labute approximate surface area is 178 Å². The van der Waals surface area contributed by atoms with Crippen LogP contribution in [0.3, 0.4) is 0 Å². The maximum atomic E-state index is 13.1. The minimum Gasteiger partial charge on any atom is -0.322 e. The molecule has 6 rings (SSSR count). The lowest BCUT2D eigenvalue weighted by Crippen LogP contribution is -2.12. The predicted molar refractivity (Wildman–Crippen MR) is 126 cm³/mol. The lowest BCUT2D eigenvalue weighted by Gasteiger charge is -2.16. The van der Waals surface area contributed by atoms with Crippen molar-refractivity contribution in [2.45, 2.75) is 0 Å². The number of amides is 1. The van der Waals surface area contributed by atoms with Crippen LogP contribution in [0.5, 0.6) is 0 Å². The first kappa shape index (κ1) is 17.5. The SMILES string of the molecule is O=C(Nc1ccncc1)c1ccc2ccc3c(-c4ccncc4)ccc4ccc1c2c43. The van der Waals surface area contributed by atoms with Crippen LogP contribution in [0.25, 0.3) is 43.4 Å². The highest BCUT2D eigenvalue weighted by molar-refractivity contribution is 6.29. The Kier molecular flexibility index (Phi) is 3.90. The molecule has 0 radical (unpaired) electrons. The molecule has 2 heterocycles. The number of rotatable bonds is 3. The monoisotopic (exact) mass is 399 g/mol. The van der Waals surface area contributed by atoms with Gasteiger partial charge in [0.1, 0.15) is 0 Å². The number of aromatic nitrogens is 2. The van der Waals surface area contributed by atoms with Gasteiger partial charge in [-0.25, -0.2) is 0 Å². The minimum absolute atomic E-state index is 0.126. The summed E-state index contributed by atoms with van der Waals surface area (Å²) in [7, 11) is 0. The first-order valence-corrected chi connectivity index (χ1v) is 10.1. The van der Waals surface area contributed by atoms with Gasteiger partial charge in [0.2, 0.25) is 0 Å². The van der Waals surface area contributed by atoms with E-state index in [9.17, 15) is 4.79 Å². The highest BCUT2D eigenvalue weighted by atomic mass is 16.1. The first-order valence-electron chi connectivity index (χ1n) is 10.1. The fraction of sp³-hybridized carbons (Fsp3) is 0. The van der Waals surface area contributed by atoms with Crippen molar-refractivity contribution < 1.29 is 4.79 Å². The Morgan fingerprint density at radius 1 is 0.613 bits per heavy atom. The van der Waals surface area contributed by atoms with Crippen molar-refractivity contribution in [3.63, 3.8) is 0 Å². The molecule has 0 saturated heterocycles. The average molecular weight is 399 g/mol. The molecular formula is C27H17N3O. The second-order valence-electron chi connectivity index (χ2n) is 7.57. The maximum absolute atomic E-state index is 13.1. The molecule has 0 fully saturated rings. The number of carbonyl (C=O) groups is 1. The summed E-state index contributed by atoms with van der Waals surface area (Å²) in [6, 6.07) is 24.3. The Morgan fingerprint density at radius 2 is 1.19 bits per heavy atom. The molecule has 0 aliphatic heterocycles. The van der Waals surface area contributed by atoms with E-state index < -0.39 is 0 Å².